The van der Waals surface area contributed by atoms with E-state index in [-0.39, 0.29) is 24.1 Å². The van der Waals surface area contributed by atoms with E-state index in [0.29, 0.717) is 25.1 Å². The number of nitrogens with one attached hydrogen (secondary N) is 1. The van der Waals surface area contributed by atoms with Crippen LogP contribution >= 0.6 is 0 Å². The third kappa shape index (κ3) is 1.95. The molecule has 2 N–H and O–H groups in total. The molecule has 5 heteroatoms. The Morgan fingerprint density at radius 1 is 1.55 bits per heavy atom. The van der Waals surface area contributed by atoms with Gasteiger partial charge in [0, 0.05) is 37.1 Å². The third-order valence-electron chi connectivity index (χ3n) is 5.32. The van der Waals surface area contributed by atoms with Gasteiger partial charge in [-0.3, -0.25) is 0 Å². The molecule has 2 aliphatic carbocycles. The van der Waals surface area contributed by atoms with E-state index >= 15 is 0 Å². The van der Waals surface area contributed by atoms with E-state index in [4.69, 9.17) is 9.84 Å². The molecule has 20 heavy (non-hydrogen) atoms. The number of hydrogen-bond donors (Lipinski definition) is 2. The van der Waals surface area contributed by atoms with Crippen LogP contribution in [0.2, 0.25) is 0 Å². The van der Waals surface area contributed by atoms with Crippen molar-refractivity contribution in [1.29, 1.82) is 0 Å². The molecular weight excluding hydrogens is 256 g/mol. The van der Waals surface area contributed by atoms with E-state index in [2.05, 4.69) is 11.9 Å². The standard InChI is InChI=1S/C15H24N2O3/c1-2-7-17(8-9-18)14(19)16-12-11-4-10-20-13(11)15(12)5-3-6-15/h2,11-13,18H,1,3-10H2,(H,16,19). The van der Waals surface area contributed by atoms with Gasteiger partial charge in [0.05, 0.1) is 12.7 Å². The van der Waals surface area contributed by atoms with Crippen molar-refractivity contribution in [1.82, 2.24) is 10.2 Å². The molecule has 1 aliphatic heterocycles. The molecule has 2 amide bonds. The van der Waals surface area contributed by atoms with Gasteiger partial charge in [-0.2, -0.15) is 0 Å². The lowest BCUT2D eigenvalue weighted by Gasteiger charge is -2.63. The molecule has 0 radical (unpaired) electrons. The number of fused-ring (bicyclic) bond motifs is 2. The van der Waals surface area contributed by atoms with E-state index in [1.54, 1.807) is 11.0 Å². The number of carbonyl (C=O) groups is 1. The van der Waals surface area contributed by atoms with Gasteiger partial charge in [-0.25, -0.2) is 4.79 Å². The average molecular weight is 280 g/mol. The van der Waals surface area contributed by atoms with E-state index < -0.39 is 0 Å². The molecule has 5 nitrogen and oxygen atoms in total. The topological polar surface area (TPSA) is 61.8 Å². The van der Waals surface area contributed by atoms with Crippen molar-refractivity contribution < 1.29 is 14.6 Å². The fraction of sp³-hybridized carbons (Fsp3) is 0.800. The van der Waals surface area contributed by atoms with Crippen LogP contribution in [0.25, 0.3) is 0 Å². The first kappa shape index (κ1) is 13.9. The summed E-state index contributed by atoms with van der Waals surface area (Å²) < 4.78 is 5.86. The third-order valence-corrected chi connectivity index (χ3v) is 5.32. The predicted molar refractivity (Wildman–Crippen MR) is 75.3 cm³/mol. The second kappa shape index (κ2) is 5.37. The highest BCUT2D eigenvalue weighted by Gasteiger charge is 2.67. The van der Waals surface area contributed by atoms with Crippen molar-refractivity contribution in [3.8, 4) is 0 Å². The smallest absolute Gasteiger partial charge is 0.318 e. The Kier molecular flexibility index (Phi) is 3.73. The molecule has 0 aromatic carbocycles. The molecule has 0 bridgehead atoms. The number of hydrogen-bond acceptors (Lipinski definition) is 3. The second-order valence-corrected chi connectivity index (χ2v) is 6.22. The number of nitrogens with zero attached hydrogens (tertiary/aromatic N) is 1. The highest BCUT2D eigenvalue weighted by molar-refractivity contribution is 5.75. The Labute approximate surface area is 120 Å². The van der Waals surface area contributed by atoms with Crippen molar-refractivity contribution in [3.05, 3.63) is 12.7 Å². The fourth-order valence-corrected chi connectivity index (χ4v) is 4.23. The second-order valence-electron chi connectivity index (χ2n) is 6.22. The van der Waals surface area contributed by atoms with Gasteiger partial charge in [-0.05, 0) is 19.3 Å². The summed E-state index contributed by atoms with van der Waals surface area (Å²) in [6, 6.07) is 0.169. The molecule has 3 unspecified atom stereocenters. The minimum atomic E-state index is -0.0828. The number of aliphatic hydroxyl groups is 1. The fourth-order valence-electron chi connectivity index (χ4n) is 4.23. The summed E-state index contributed by atoms with van der Waals surface area (Å²) in [5.41, 5.74) is 0.204. The largest absolute Gasteiger partial charge is 0.395 e. The zero-order valence-corrected chi connectivity index (χ0v) is 11.9. The molecular formula is C15H24N2O3. The first-order valence-electron chi connectivity index (χ1n) is 7.62. The summed E-state index contributed by atoms with van der Waals surface area (Å²) in [6.45, 7) is 5.29. The normalized spacial score (nSPS) is 33.0. The SMILES string of the molecule is C=CCN(CCO)C(=O)NC1C2CCOC2C12CCC2. The van der Waals surface area contributed by atoms with Crippen molar-refractivity contribution >= 4 is 6.03 Å². The minimum absolute atomic E-state index is 0.0216. The number of aliphatic hydroxyl groups excluding tert-OH is 1. The summed E-state index contributed by atoms with van der Waals surface area (Å²) in [6.07, 6.45) is 6.69. The lowest BCUT2D eigenvalue weighted by atomic mass is 9.46. The molecule has 3 aliphatic rings. The highest BCUT2D eigenvalue weighted by atomic mass is 16.5. The Bertz CT molecular complexity index is 395. The average Bonchev–Trinajstić information content (AvgIpc) is 2.79. The van der Waals surface area contributed by atoms with Crippen molar-refractivity contribution in [2.24, 2.45) is 11.3 Å². The van der Waals surface area contributed by atoms with E-state index in [1.807, 2.05) is 0 Å². The van der Waals surface area contributed by atoms with Crippen LogP contribution in [0.3, 0.4) is 0 Å². The molecule has 3 atom stereocenters. The summed E-state index contributed by atoms with van der Waals surface area (Å²) in [7, 11) is 0. The lowest BCUT2D eigenvalue weighted by molar-refractivity contribution is -0.172. The summed E-state index contributed by atoms with van der Waals surface area (Å²) in [5, 5.41) is 12.3. The maximum absolute atomic E-state index is 12.4. The van der Waals surface area contributed by atoms with Gasteiger partial charge >= 0.3 is 6.03 Å². The van der Waals surface area contributed by atoms with Crippen molar-refractivity contribution in [2.45, 2.75) is 37.8 Å². The lowest BCUT2D eigenvalue weighted by Crippen LogP contribution is -2.72. The molecule has 0 aromatic rings. The summed E-state index contributed by atoms with van der Waals surface area (Å²) in [5.74, 6) is 0.485. The molecule has 3 rings (SSSR count). The first-order chi connectivity index (χ1) is 9.73. The van der Waals surface area contributed by atoms with Crippen molar-refractivity contribution in [2.75, 3.05) is 26.3 Å². The van der Waals surface area contributed by atoms with E-state index in [1.165, 1.54) is 19.3 Å². The number of urea groups is 1. The monoisotopic (exact) mass is 280 g/mol. The molecule has 1 spiro atoms. The first-order valence-corrected chi connectivity index (χ1v) is 7.62. The molecule has 1 heterocycles. The quantitative estimate of drug-likeness (QED) is 0.742. The van der Waals surface area contributed by atoms with Crippen LogP contribution in [-0.4, -0.2) is 54.5 Å². The Hall–Kier alpha value is -1.07. The van der Waals surface area contributed by atoms with Gasteiger partial charge in [0.1, 0.15) is 0 Å². The molecule has 3 fully saturated rings. The number of carbonyl (C=O) groups excluding carboxylic acids is 1. The van der Waals surface area contributed by atoms with Gasteiger partial charge in [-0.1, -0.05) is 12.5 Å². The number of ether oxygens (including phenoxy) is 1. The molecule has 0 aromatic heterocycles. The maximum atomic E-state index is 12.4. The van der Waals surface area contributed by atoms with Crippen LogP contribution in [-0.2, 0) is 4.74 Å². The van der Waals surface area contributed by atoms with Crippen LogP contribution in [0.4, 0.5) is 4.79 Å². The summed E-state index contributed by atoms with van der Waals surface area (Å²) >= 11 is 0. The number of amides is 2. The van der Waals surface area contributed by atoms with Crippen LogP contribution in [0.15, 0.2) is 12.7 Å². The van der Waals surface area contributed by atoms with Crippen LogP contribution in [0, 0.1) is 11.3 Å². The maximum Gasteiger partial charge on any atom is 0.318 e. The summed E-state index contributed by atoms with van der Waals surface area (Å²) in [4.78, 5) is 14.0. The van der Waals surface area contributed by atoms with Crippen LogP contribution in [0.1, 0.15) is 25.7 Å². The Morgan fingerprint density at radius 2 is 2.35 bits per heavy atom. The van der Waals surface area contributed by atoms with Crippen molar-refractivity contribution in [3.63, 3.8) is 0 Å². The Balaban J connectivity index is 1.64. The molecule has 2 saturated carbocycles. The molecule has 1 saturated heterocycles. The van der Waals surface area contributed by atoms with Crippen LogP contribution < -0.4 is 5.32 Å². The Morgan fingerprint density at radius 3 is 2.95 bits per heavy atom. The zero-order chi connectivity index (χ0) is 14.2. The van der Waals surface area contributed by atoms with Gasteiger partial charge in [0.15, 0.2) is 0 Å². The van der Waals surface area contributed by atoms with Gasteiger partial charge < -0.3 is 20.1 Å². The highest BCUT2D eigenvalue weighted by Crippen LogP contribution is 2.62. The van der Waals surface area contributed by atoms with E-state index in [9.17, 15) is 4.79 Å². The number of rotatable bonds is 5. The van der Waals surface area contributed by atoms with Gasteiger partial charge in [-0.15, -0.1) is 6.58 Å². The van der Waals surface area contributed by atoms with Crippen LogP contribution in [0.5, 0.6) is 0 Å². The van der Waals surface area contributed by atoms with Gasteiger partial charge in [0.2, 0.25) is 0 Å². The minimum Gasteiger partial charge on any atom is -0.395 e. The molecule has 112 valence electrons. The van der Waals surface area contributed by atoms with Gasteiger partial charge in [0.25, 0.3) is 0 Å². The van der Waals surface area contributed by atoms with E-state index in [0.717, 1.165) is 13.0 Å². The predicted octanol–water partition coefficient (Wildman–Crippen LogP) is 1.13. The zero-order valence-electron chi connectivity index (χ0n) is 11.9.